The van der Waals surface area contributed by atoms with Crippen LogP contribution >= 0.6 is 0 Å². The number of fused-ring (bicyclic) bond motifs is 2. The Morgan fingerprint density at radius 1 is 1.35 bits per heavy atom. The number of ether oxygens (including phenoxy) is 1. The van der Waals surface area contributed by atoms with Crippen LogP contribution in [0.25, 0.3) is 0 Å². The van der Waals surface area contributed by atoms with Gasteiger partial charge in [-0.05, 0) is 36.5 Å². The van der Waals surface area contributed by atoms with Crippen molar-refractivity contribution in [1.82, 2.24) is 0 Å². The molecule has 2 saturated carbocycles. The number of carbonyl (C=O) groups is 1. The normalized spacial score (nSPS) is 53.8. The van der Waals surface area contributed by atoms with Gasteiger partial charge in [0.15, 0.2) is 0 Å². The second-order valence-electron chi connectivity index (χ2n) is 7.00. The minimum Gasteiger partial charge on any atom is -0.462 e. The van der Waals surface area contributed by atoms with E-state index in [9.17, 15) is 4.79 Å². The lowest BCUT2D eigenvalue weighted by Crippen LogP contribution is -2.46. The summed E-state index contributed by atoms with van der Waals surface area (Å²) in [6, 6.07) is 0. The Labute approximate surface area is 104 Å². The van der Waals surface area contributed by atoms with Crippen LogP contribution < -0.4 is 0 Å². The number of hydrogen-bond acceptors (Lipinski definition) is 2. The van der Waals surface area contributed by atoms with Gasteiger partial charge >= 0.3 is 5.97 Å². The molecule has 0 N–H and O–H groups in total. The van der Waals surface area contributed by atoms with Crippen LogP contribution in [0.4, 0.5) is 0 Å². The molecule has 1 saturated heterocycles. The summed E-state index contributed by atoms with van der Waals surface area (Å²) in [6.07, 6.45) is 6.62. The summed E-state index contributed by atoms with van der Waals surface area (Å²) < 4.78 is 5.59. The summed E-state index contributed by atoms with van der Waals surface area (Å²) in [7, 11) is 0. The fraction of sp³-hybridized carbons (Fsp3) is 0.933. The summed E-state index contributed by atoms with van der Waals surface area (Å²) in [5, 5.41) is 0. The van der Waals surface area contributed by atoms with Gasteiger partial charge in [0.25, 0.3) is 0 Å². The van der Waals surface area contributed by atoms with E-state index >= 15 is 0 Å². The molecule has 2 heteroatoms. The van der Waals surface area contributed by atoms with Crippen molar-refractivity contribution in [2.45, 2.75) is 59.0 Å². The predicted octanol–water partition coefficient (Wildman–Crippen LogP) is 3.40. The fourth-order valence-corrected chi connectivity index (χ4v) is 4.81. The molecule has 3 aliphatic rings. The first-order valence-corrected chi connectivity index (χ1v) is 7.22. The van der Waals surface area contributed by atoms with Crippen LogP contribution in [-0.2, 0) is 9.53 Å². The van der Waals surface area contributed by atoms with Crippen LogP contribution in [0.1, 0.15) is 52.9 Å². The van der Waals surface area contributed by atoms with Crippen LogP contribution in [0.15, 0.2) is 0 Å². The molecule has 17 heavy (non-hydrogen) atoms. The van der Waals surface area contributed by atoms with Crippen LogP contribution in [-0.4, -0.2) is 12.1 Å². The monoisotopic (exact) mass is 236 g/mol. The minimum absolute atomic E-state index is 0.0508. The first kappa shape index (κ1) is 11.6. The number of carbonyl (C=O) groups excluding carboxylic acids is 1. The molecule has 3 fully saturated rings. The number of rotatable bonds is 0. The second kappa shape index (κ2) is 3.73. The van der Waals surface area contributed by atoms with Gasteiger partial charge in [0, 0.05) is 5.92 Å². The lowest BCUT2D eigenvalue weighted by atomic mass is 9.54. The summed E-state index contributed by atoms with van der Waals surface area (Å²) in [5.74, 6) is 2.33. The Balaban J connectivity index is 1.86. The average Bonchev–Trinajstić information content (AvgIpc) is 2.52. The molecule has 96 valence electrons. The van der Waals surface area contributed by atoms with E-state index in [0.29, 0.717) is 11.3 Å². The third kappa shape index (κ3) is 1.63. The maximum absolute atomic E-state index is 11.7. The van der Waals surface area contributed by atoms with E-state index in [1.165, 1.54) is 25.7 Å². The van der Waals surface area contributed by atoms with E-state index in [1.54, 1.807) is 0 Å². The van der Waals surface area contributed by atoms with Crippen LogP contribution in [0.2, 0.25) is 0 Å². The molecule has 0 amide bonds. The molecular formula is C15H24O2. The molecule has 2 aliphatic carbocycles. The van der Waals surface area contributed by atoms with Crippen LogP contribution in [0, 0.1) is 29.1 Å². The highest BCUT2D eigenvalue weighted by Crippen LogP contribution is 2.57. The maximum Gasteiger partial charge on any atom is 0.309 e. The van der Waals surface area contributed by atoms with Crippen molar-refractivity contribution in [3.05, 3.63) is 0 Å². The zero-order valence-electron chi connectivity index (χ0n) is 11.2. The van der Waals surface area contributed by atoms with Gasteiger partial charge in [-0.1, -0.05) is 33.6 Å². The van der Waals surface area contributed by atoms with Gasteiger partial charge < -0.3 is 4.74 Å². The zero-order chi connectivity index (χ0) is 12.2. The minimum atomic E-state index is 0.0508. The predicted molar refractivity (Wildman–Crippen MR) is 66.4 cm³/mol. The van der Waals surface area contributed by atoms with Crippen LogP contribution in [0.5, 0.6) is 0 Å². The molecule has 0 spiro atoms. The highest BCUT2D eigenvalue weighted by atomic mass is 16.6. The van der Waals surface area contributed by atoms with Gasteiger partial charge in [0.05, 0.1) is 5.92 Å². The average molecular weight is 236 g/mol. The number of hydrogen-bond donors (Lipinski definition) is 0. The first-order valence-electron chi connectivity index (χ1n) is 7.22. The molecule has 0 bridgehead atoms. The SMILES string of the molecule is C[C@@H]1CCC[C@]2(C)C[C@H]3OC(=O)[C@@H](C)[C@H]3C[C@@H]12. The lowest BCUT2D eigenvalue weighted by molar-refractivity contribution is -0.146. The summed E-state index contributed by atoms with van der Waals surface area (Å²) in [6.45, 7) is 6.90. The smallest absolute Gasteiger partial charge is 0.309 e. The van der Waals surface area contributed by atoms with Crippen LogP contribution in [0.3, 0.4) is 0 Å². The van der Waals surface area contributed by atoms with Gasteiger partial charge in [0.1, 0.15) is 6.10 Å². The summed E-state index contributed by atoms with van der Waals surface area (Å²) in [4.78, 5) is 11.7. The van der Waals surface area contributed by atoms with Crippen molar-refractivity contribution in [1.29, 1.82) is 0 Å². The molecule has 0 radical (unpaired) electrons. The molecule has 3 rings (SSSR count). The van der Waals surface area contributed by atoms with E-state index in [4.69, 9.17) is 4.74 Å². The molecule has 2 nitrogen and oxygen atoms in total. The van der Waals surface area contributed by atoms with Gasteiger partial charge in [-0.2, -0.15) is 0 Å². The van der Waals surface area contributed by atoms with Crippen molar-refractivity contribution in [2.24, 2.45) is 29.1 Å². The van der Waals surface area contributed by atoms with E-state index in [-0.39, 0.29) is 18.0 Å². The Bertz CT molecular complexity index is 338. The topological polar surface area (TPSA) is 26.3 Å². The zero-order valence-corrected chi connectivity index (χ0v) is 11.2. The van der Waals surface area contributed by atoms with E-state index < -0.39 is 0 Å². The second-order valence-corrected chi connectivity index (χ2v) is 7.00. The Morgan fingerprint density at radius 2 is 2.12 bits per heavy atom. The fourth-order valence-electron chi connectivity index (χ4n) is 4.81. The van der Waals surface area contributed by atoms with Crippen molar-refractivity contribution in [2.75, 3.05) is 0 Å². The quantitative estimate of drug-likeness (QED) is 0.603. The highest BCUT2D eigenvalue weighted by molar-refractivity contribution is 5.74. The molecule has 0 aromatic heterocycles. The molecule has 0 unspecified atom stereocenters. The lowest BCUT2D eigenvalue weighted by Gasteiger charge is -2.51. The molecular weight excluding hydrogens is 212 g/mol. The third-order valence-electron chi connectivity index (χ3n) is 5.94. The molecule has 1 heterocycles. The van der Waals surface area contributed by atoms with Gasteiger partial charge in [-0.3, -0.25) is 4.79 Å². The largest absolute Gasteiger partial charge is 0.462 e. The Hall–Kier alpha value is -0.530. The Kier molecular flexibility index (Phi) is 2.53. The highest BCUT2D eigenvalue weighted by Gasteiger charge is 2.54. The Morgan fingerprint density at radius 3 is 2.88 bits per heavy atom. The summed E-state index contributed by atoms with van der Waals surface area (Å²) in [5.41, 5.74) is 0.434. The number of esters is 1. The van der Waals surface area contributed by atoms with Gasteiger partial charge in [-0.25, -0.2) is 0 Å². The van der Waals surface area contributed by atoms with E-state index in [1.807, 2.05) is 0 Å². The van der Waals surface area contributed by atoms with Gasteiger partial charge in [-0.15, -0.1) is 0 Å². The third-order valence-corrected chi connectivity index (χ3v) is 5.94. The van der Waals surface area contributed by atoms with E-state index in [2.05, 4.69) is 20.8 Å². The molecule has 0 aromatic rings. The molecule has 0 aromatic carbocycles. The maximum atomic E-state index is 11.7. The first-order chi connectivity index (χ1) is 8.01. The molecule has 1 aliphatic heterocycles. The van der Waals surface area contributed by atoms with E-state index in [0.717, 1.165) is 18.3 Å². The van der Waals surface area contributed by atoms with Gasteiger partial charge in [0.2, 0.25) is 0 Å². The van der Waals surface area contributed by atoms with Crippen molar-refractivity contribution in [3.63, 3.8) is 0 Å². The van der Waals surface area contributed by atoms with Crippen molar-refractivity contribution in [3.8, 4) is 0 Å². The molecule has 6 atom stereocenters. The van der Waals surface area contributed by atoms with Crippen molar-refractivity contribution >= 4 is 5.97 Å². The standard InChI is InChI=1S/C15H24O2/c1-9-5-4-6-15(3)8-13-11(7-12(9)15)10(2)14(16)17-13/h9-13H,4-8H2,1-3H3/t9-,10+,11-,12+,13-,15-/m1/s1. The van der Waals surface area contributed by atoms with Crippen molar-refractivity contribution < 1.29 is 9.53 Å². The summed E-state index contributed by atoms with van der Waals surface area (Å²) >= 11 is 0.